The number of benzene rings is 2. The van der Waals surface area contributed by atoms with Crippen molar-refractivity contribution in [2.45, 2.75) is 19.9 Å². The van der Waals surface area contributed by atoms with Crippen molar-refractivity contribution in [2.24, 2.45) is 5.92 Å². The summed E-state index contributed by atoms with van der Waals surface area (Å²) in [5.41, 5.74) is 2.11. The molecule has 1 saturated heterocycles. The fourth-order valence-electron chi connectivity index (χ4n) is 3.96. The zero-order valence-corrected chi connectivity index (χ0v) is 19.9. The second-order valence-corrected chi connectivity index (χ2v) is 9.33. The predicted octanol–water partition coefficient (Wildman–Crippen LogP) is 5.42. The van der Waals surface area contributed by atoms with Crippen molar-refractivity contribution in [1.82, 2.24) is 15.0 Å². The van der Waals surface area contributed by atoms with E-state index in [4.69, 9.17) is 14.0 Å². The minimum absolute atomic E-state index is 0.0150. The van der Waals surface area contributed by atoms with Crippen LogP contribution in [0.3, 0.4) is 0 Å². The molecule has 3 heterocycles. The van der Waals surface area contributed by atoms with Gasteiger partial charge in [-0.15, -0.1) is 11.3 Å². The number of ether oxygens (including phenoxy) is 2. The van der Waals surface area contributed by atoms with Gasteiger partial charge in [-0.25, -0.2) is 0 Å². The van der Waals surface area contributed by atoms with Crippen molar-refractivity contribution >= 4 is 17.3 Å². The summed E-state index contributed by atoms with van der Waals surface area (Å²) < 4.78 is 16.2. The molecule has 0 aliphatic carbocycles. The van der Waals surface area contributed by atoms with Gasteiger partial charge in [0.1, 0.15) is 11.5 Å². The van der Waals surface area contributed by atoms with Crippen LogP contribution >= 0.6 is 11.3 Å². The number of hydrogen-bond acceptors (Lipinski definition) is 8. The second kappa shape index (κ2) is 9.79. The van der Waals surface area contributed by atoms with E-state index in [1.54, 1.807) is 11.3 Å². The molecule has 0 spiro atoms. The van der Waals surface area contributed by atoms with Crippen LogP contribution in [0.25, 0.3) is 22.2 Å². The first-order valence-electron chi connectivity index (χ1n) is 11.2. The average molecular weight is 476 g/mol. The smallest absolute Gasteiger partial charge is 0.311 e. The van der Waals surface area contributed by atoms with Crippen LogP contribution < -0.4 is 4.74 Å². The van der Waals surface area contributed by atoms with E-state index in [0.717, 1.165) is 48.0 Å². The normalized spacial score (nSPS) is 14.1. The van der Waals surface area contributed by atoms with Crippen LogP contribution in [0.2, 0.25) is 0 Å². The highest BCUT2D eigenvalue weighted by molar-refractivity contribution is 7.15. The van der Waals surface area contributed by atoms with Gasteiger partial charge in [-0.2, -0.15) is 4.98 Å². The molecule has 0 N–H and O–H groups in total. The van der Waals surface area contributed by atoms with Gasteiger partial charge in [-0.05, 0) is 54.4 Å². The Hall–Kier alpha value is -3.49. The summed E-state index contributed by atoms with van der Waals surface area (Å²) in [6.45, 7) is 4.43. The zero-order valence-electron chi connectivity index (χ0n) is 19.1. The molecule has 34 heavy (non-hydrogen) atoms. The highest BCUT2D eigenvalue weighted by Crippen LogP contribution is 2.34. The Morgan fingerprint density at radius 3 is 2.56 bits per heavy atom. The van der Waals surface area contributed by atoms with Gasteiger partial charge in [0.2, 0.25) is 5.82 Å². The number of likely N-dealkylation sites (tertiary alicyclic amines) is 1. The Labute approximate surface area is 201 Å². The molecule has 0 atom stereocenters. The molecule has 1 aliphatic rings. The maximum atomic E-state index is 11.6. The first-order valence-corrected chi connectivity index (χ1v) is 12.0. The van der Waals surface area contributed by atoms with Crippen molar-refractivity contribution in [3.63, 3.8) is 0 Å². The highest BCUT2D eigenvalue weighted by atomic mass is 32.1. The summed E-state index contributed by atoms with van der Waals surface area (Å²) in [7, 11) is 1.44. The summed E-state index contributed by atoms with van der Waals surface area (Å²) in [5, 5.41) is 4.22. The molecule has 2 aromatic heterocycles. The molecular formula is C26H25N3O4S. The number of aryl methyl sites for hydroxylation is 1. The van der Waals surface area contributed by atoms with E-state index in [0.29, 0.717) is 11.7 Å². The Morgan fingerprint density at radius 1 is 1.12 bits per heavy atom. The van der Waals surface area contributed by atoms with Crippen molar-refractivity contribution in [1.29, 1.82) is 0 Å². The van der Waals surface area contributed by atoms with E-state index in [1.165, 1.54) is 17.6 Å². The van der Waals surface area contributed by atoms with Crippen LogP contribution in [0.15, 0.2) is 65.2 Å². The van der Waals surface area contributed by atoms with E-state index in [2.05, 4.69) is 28.0 Å². The third kappa shape index (κ3) is 4.73. The summed E-state index contributed by atoms with van der Waals surface area (Å²) in [6, 6.07) is 19.4. The van der Waals surface area contributed by atoms with Gasteiger partial charge in [-0.3, -0.25) is 9.69 Å². The quantitative estimate of drug-likeness (QED) is 0.315. The molecule has 174 valence electrons. The van der Waals surface area contributed by atoms with E-state index in [9.17, 15) is 4.79 Å². The highest BCUT2D eigenvalue weighted by Gasteiger charge is 2.33. The van der Waals surface area contributed by atoms with Crippen LogP contribution in [0, 0.1) is 5.92 Å². The number of hydrogen-bond donors (Lipinski definition) is 0. The van der Waals surface area contributed by atoms with Crippen molar-refractivity contribution < 1.29 is 18.8 Å². The van der Waals surface area contributed by atoms with Gasteiger partial charge in [-0.1, -0.05) is 30.3 Å². The van der Waals surface area contributed by atoms with E-state index >= 15 is 0 Å². The van der Waals surface area contributed by atoms with Gasteiger partial charge < -0.3 is 14.0 Å². The molecule has 8 heteroatoms. The molecule has 0 bridgehead atoms. The summed E-state index contributed by atoms with van der Waals surface area (Å²) >= 11 is 1.68. The lowest BCUT2D eigenvalue weighted by atomic mass is 10.00. The molecule has 1 fully saturated rings. The van der Waals surface area contributed by atoms with Crippen molar-refractivity contribution in [2.75, 3.05) is 20.2 Å². The number of carbonyl (C=O) groups excluding carboxylic acids is 1. The number of para-hydroxylation sites is 1. The van der Waals surface area contributed by atoms with Gasteiger partial charge in [0.25, 0.3) is 5.89 Å². The first kappa shape index (κ1) is 22.3. The second-order valence-electron chi connectivity index (χ2n) is 8.19. The maximum absolute atomic E-state index is 11.6. The summed E-state index contributed by atoms with van der Waals surface area (Å²) in [5.74, 6) is 2.44. The maximum Gasteiger partial charge on any atom is 0.311 e. The monoisotopic (exact) mass is 475 g/mol. The lowest BCUT2D eigenvalue weighted by molar-refractivity contribution is -0.151. The lowest BCUT2D eigenvalue weighted by Gasteiger charge is -2.37. The molecule has 0 amide bonds. The van der Waals surface area contributed by atoms with E-state index in [1.807, 2.05) is 54.6 Å². The van der Waals surface area contributed by atoms with Gasteiger partial charge in [0.05, 0.1) is 17.9 Å². The molecule has 0 unspecified atom stereocenters. The largest absolute Gasteiger partial charge is 0.469 e. The Balaban J connectivity index is 1.27. The van der Waals surface area contributed by atoms with Crippen LogP contribution in [-0.2, 0) is 22.5 Å². The predicted molar refractivity (Wildman–Crippen MR) is 130 cm³/mol. The van der Waals surface area contributed by atoms with Crippen LogP contribution in [0.1, 0.15) is 17.4 Å². The lowest BCUT2D eigenvalue weighted by Crippen LogP contribution is -2.49. The molecule has 0 saturated carbocycles. The van der Waals surface area contributed by atoms with Crippen LogP contribution in [0.5, 0.6) is 11.5 Å². The topological polar surface area (TPSA) is 77.7 Å². The number of methoxy groups -OCH3 is 1. The Bertz CT molecular complexity index is 1260. The van der Waals surface area contributed by atoms with E-state index < -0.39 is 0 Å². The zero-order chi connectivity index (χ0) is 23.5. The number of nitrogens with zero attached hydrogens (tertiary/aromatic N) is 3. The van der Waals surface area contributed by atoms with Gasteiger partial charge in [0, 0.05) is 30.1 Å². The van der Waals surface area contributed by atoms with Crippen molar-refractivity contribution in [3.8, 4) is 33.7 Å². The number of aromatic nitrogens is 2. The average Bonchev–Trinajstić information content (AvgIpc) is 3.49. The minimum atomic E-state index is -0.127. The number of rotatable bonds is 8. The SMILES string of the molecule is CCc1cc(-c2noc(-c3ccc(Oc4ccccc4)cc3)n2)sc1CN1CC(C(=O)OC)C1. The van der Waals surface area contributed by atoms with Crippen molar-refractivity contribution in [3.05, 3.63) is 71.1 Å². The third-order valence-electron chi connectivity index (χ3n) is 5.86. The van der Waals surface area contributed by atoms with Gasteiger partial charge in [0.15, 0.2) is 0 Å². The van der Waals surface area contributed by atoms with Gasteiger partial charge >= 0.3 is 5.97 Å². The van der Waals surface area contributed by atoms with Crippen LogP contribution in [-0.4, -0.2) is 41.2 Å². The molecule has 0 radical (unpaired) electrons. The number of carbonyl (C=O) groups is 1. The minimum Gasteiger partial charge on any atom is -0.469 e. The van der Waals surface area contributed by atoms with Crippen LogP contribution in [0.4, 0.5) is 0 Å². The molecule has 1 aliphatic heterocycles. The third-order valence-corrected chi connectivity index (χ3v) is 7.02. The fourth-order valence-corrected chi connectivity index (χ4v) is 5.18. The standard InChI is InChI=1S/C26H25N3O4S/c1-3-17-13-22(34-23(17)16-29-14-19(15-29)26(30)31-2)24-27-25(33-28-24)18-9-11-21(12-10-18)32-20-7-5-4-6-8-20/h4-13,19H,3,14-16H2,1-2H3. The molecule has 7 nitrogen and oxygen atoms in total. The number of thiophene rings is 1. The summed E-state index contributed by atoms with van der Waals surface area (Å²) in [4.78, 5) is 20.8. The molecule has 5 rings (SSSR count). The van der Waals surface area contributed by atoms with E-state index in [-0.39, 0.29) is 11.9 Å². The fraction of sp³-hybridized carbons (Fsp3) is 0.269. The molecule has 4 aromatic rings. The first-order chi connectivity index (χ1) is 16.6. The Morgan fingerprint density at radius 2 is 1.85 bits per heavy atom. The molecule has 2 aromatic carbocycles. The number of esters is 1. The Kier molecular flexibility index (Phi) is 6.42. The molecular weight excluding hydrogens is 450 g/mol. The summed E-state index contributed by atoms with van der Waals surface area (Å²) in [6.07, 6.45) is 0.924.